The highest BCUT2D eigenvalue weighted by molar-refractivity contribution is 5.26. The summed E-state index contributed by atoms with van der Waals surface area (Å²) in [5, 5.41) is 13.2. The number of hydrogen-bond acceptors (Lipinski definition) is 3. The molecule has 0 saturated heterocycles. The lowest BCUT2D eigenvalue weighted by Gasteiger charge is -2.26. The molecular formula is C17H29NO2. The SMILES string of the molecule is CC1=CC(C)CC(NC(O)OC2CCCCCCC2)=C1. The van der Waals surface area contributed by atoms with Crippen LogP contribution in [-0.2, 0) is 4.74 Å². The van der Waals surface area contributed by atoms with Crippen molar-refractivity contribution in [3.05, 3.63) is 23.4 Å². The van der Waals surface area contributed by atoms with E-state index in [1.54, 1.807) is 0 Å². The van der Waals surface area contributed by atoms with Crippen LogP contribution in [-0.4, -0.2) is 17.6 Å². The van der Waals surface area contributed by atoms with Crippen molar-refractivity contribution in [2.75, 3.05) is 0 Å². The summed E-state index contributed by atoms with van der Waals surface area (Å²) in [6.45, 7) is 4.29. The fraction of sp³-hybridized carbons (Fsp3) is 0.765. The Morgan fingerprint density at radius 1 is 1.20 bits per heavy atom. The fourth-order valence-corrected chi connectivity index (χ4v) is 3.27. The quantitative estimate of drug-likeness (QED) is 0.768. The number of ether oxygens (including phenoxy) is 1. The Kier molecular flexibility index (Phi) is 6.11. The van der Waals surface area contributed by atoms with Crippen LogP contribution < -0.4 is 5.32 Å². The van der Waals surface area contributed by atoms with Gasteiger partial charge in [-0.1, -0.05) is 50.7 Å². The fourth-order valence-electron chi connectivity index (χ4n) is 3.27. The van der Waals surface area contributed by atoms with Gasteiger partial charge in [0.25, 0.3) is 0 Å². The van der Waals surface area contributed by atoms with E-state index in [0.29, 0.717) is 5.92 Å². The highest BCUT2D eigenvalue weighted by Gasteiger charge is 2.18. The lowest BCUT2D eigenvalue weighted by Crippen LogP contribution is -2.35. The summed E-state index contributed by atoms with van der Waals surface area (Å²) < 4.78 is 5.78. The molecule has 2 atom stereocenters. The standard InChI is InChI=1S/C17H29NO2/c1-13-10-14(2)12-15(11-13)18-17(19)20-16-8-6-4-3-5-7-9-16/h10-11,14,16-19H,3-9,12H2,1-2H3. The molecule has 3 nitrogen and oxygen atoms in total. The third-order valence-corrected chi connectivity index (χ3v) is 4.17. The van der Waals surface area contributed by atoms with Gasteiger partial charge in [-0.2, -0.15) is 0 Å². The number of rotatable bonds is 4. The Bertz CT molecular complexity index is 354. The first-order valence-electron chi connectivity index (χ1n) is 8.12. The Morgan fingerprint density at radius 3 is 2.50 bits per heavy atom. The minimum absolute atomic E-state index is 0.205. The van der Waals surface area contributed by atoms with Crippen molar-refractivity contribution < 1.29 is 9.84 Å². The van der Waals surface area contributed by atoms with Crippen molar-refractivity contribution in [1.29, 1.82) is 0 Å². The van der Waals surface area contributed by atoms with Crippen molar-refractivity contribution in [3.63, 3.8) is 0 Å². The van der Waals surface area contributed by atoms with Crippen molar-refractivity contribution in [1.82, 2.24) is 5.32 Å². The van der Waals surface area contributed by atoms with Gasteiger partial charge in [-0.05, 0) is 38.2 Å². The second-order valence-electron chi connectivity index (χ2n) is 6.36. The minimum atomic E-state index is -0.872. The zero-order valence-electron chi connectivity index (χ0n) is 12.9. The van der Waals surface area contributed by atoms with Crippen LogP contribution in [0.4, 0.5) is 0 Å². The van der Waals surface area contributed by atoms with Crippen molar-refractivity contribution in [2.24, 2.45) is 5.92 Å². The van der Waals surface area contributed by atoms with Gasteiger partial charge < -0.3 is 15.2 Å². The molecule has 2 unspecified atom stereocenters. The monoisotopic (exact) mass is 279 g/mol. The van der Waals surface area contributed by atoms with Crippen LogP contribution in [0.1, 0.15) is 65.2 Å². The van der Waals surface area contributed by atoms with E-state index in [2.05, 4.69) is 31.3 Å². The lowest BCUT2D eigenvalue weighted by atomic mass is 9.96. The van der Waals surface area contributed by atoms with E-state index in [-0.39, 0.29) is 6.10 Å². The molecule has 0 spiro atoms. The highest BCUT2D eigenvalue weighted by Crippen LogP contribution is 2.22. The van der Waals surface area contributed by atoms with Crippen molar-refractivity contribution in [2.45, 2.75) is 77.7 Å². The lowest BCUT2D eigenvalue weighted by molar-refractivity contribution is -0.154. The van der Waals surface area contributed by atoms with Gasteiger partial charge in [0, 0.05) is 5.70 Å². The second kappa shape index (κ2) is 7.84. The van der Waals surface area contributed by atoms with Crippen LogP contribution in [0.25, 0.3) is 0 Å². The topological polar surface area (TPSA) is 41.5 Å². The van der Waals surface area contributed by atoms with Gasteiger partial charge in [-0.25, -0.2) is 0 Å². The molecule has 2 aliphatic carbocycles. The summed E-state index contributed by atoms with van der Waals surface area (Å²) in [4.78, 5) is 0. The van der Waals surface area contributed by atoms with Gasteiger partial charge in [-0.15, -0.1) is 0 Å². The maximum atomic E-state index is 10.1. The van der Waals surface area contributed by atoms with Crippen LogP contribution in [0.3, 0.4) is 0 Å². The van der Waals surface area contributed by atoms with Gasteiger partial charge in [0.05, 0.1) is 6.10 Å². The first-order valence-corrected chi connectivity index (χ1v) is 8.12. The Hall–Kier alpha value is -0.800. The van der Waals surface area contributed by atoms with Gasteiger partial charge >= 0.3 is 0 Å². The molecule has 2 N–H and O–H groups in total. The van der Waals surface area contributed by atoms with Gasteiger partial charge in [0.15, 0.2) is 0 Å². The maximum Gasteiger partial charge on any atom is 0.235 e. The predicted octanol–water partition coefficient (Wildman–Crippen LogP) is 3.85. The zero-order chi connectivity index (χ0) is 14.4. The van der Waals surface area contributed by atoms with Gasteiger partial charge in [0.1, 0.15) is 0 Å². The highest BCUT2D eigenvalue weighted by atomic mass is 16.6. The molecule has 114 valence electrons. The molecule has 0 heterocycles. The molecule has 1 fully saturated rings. The summed E-state index contributed by atoms with van der Waals surface area (Å²) in [5.41, 5.74) is 2.33. The van der Waals surface area contributed by atoms with E-state index < -0.39 is 6.41 Å². The normalized spacial score (nSPS) is 27.1. The number of aliphatic hydroxyl groups excluding tert-OH is 1. The third-order valence-electron chi connectivity index (χ3n) is 4.17. The average Bonchev–Trinajstić information content (AvgIpc) is 2.31. The van der Waals surface area contributed by atoms with E-state index >= 15 is 0 Å². The first-order chi connectivity index (χ1) is 9.63. The average molecular weight is 279 g/mol. The molecule has 0 aromatic heterocycles. The van der Waals surface area contributed by atoms with Gasteiger partial charge in [-0.3, -0.25) is 0 Å². The predicted molar refractivity (Wildman–Crippen MR) is 82.0 cm³/mol. The van der Waals surface area contributed by atoms with Gasteiger partial charge in [0.2, 0.25) is 6.41 Å². The summed E-state index contributed by atoms with van der Waals surface area (Å²) >= 11 is 0. The summed E-state index contributed by atoms with van der Waals surface area (Å²) in [5.74, 6) is 0.524. The van der Waals surface area contributed by atoms with Crippen LogP contribution in [0.2, 0.25) is 0 Å². The van der Waals surface area contributed by atoms with E-state index in [1.165, 1.54) is 37.7 Å². The molecule has 0 aromatic carbocycles. The first kappa shape index (κ1) is 15.6. The van der Waals surface area contributed by atoms with E-state index in [9.17, 15) is 5.11 Å². The molecule has 0 bridgehead atoms. The molecule has 20 heavy (non-hydrogen) atoms. The number of allylic oxidation sites excluding steroid dienone is 4. The Morgan fingerprint density at radius 2 is 1.85 bits per heavy atom. The molecule has 0 amide bonds. The minimum Gasteiger partial charge on any atom is -0.351 e. The molecular weight excluding hydrogens is 250 g/mol. The summed E-state index contributed by atoms with van der Waals surface area (Å²) in [6, 6.07) is 0. The van der Waals surface area contributed by atoms with Crippen LogP contribution >= 0.6 is 0 Å². The smallest absolute Gasteiger partial charge is 0.235 e. The van der Waals surface area contributed by atoms with Crippen LogP contribution in [0, 0.1) is 5.92 Å². The molecule has 0 aromatic rings. The molecule has 0 aliphatic heterocycles. The van der Waals surface area contributed by atoms with E-state index in [1.807, 2.05) is 0 Å². The van der Waals surface area contributed by atoms with Crippen LogP contribution in [0.15, 0.2) is 23.4 Å². The summed E-state index contributed by atoms with van der Waals surface area (Å²) in [6.07, 6.45) is 13.2. The number of hydrogen-bond donors (Lipinski definition) is 2. The summed E-state index contributed by atoms with van der Waals surface area (Å²) in [7, 11) is 0. The second-order valence-corrected chi connectivity index (χ2v) is 6.36. The Balaban J connectivity index is 1.79. The molecule has 3 heteroatoms. The largest absolute Gasteiger partial charge is 0.351 e. The van der Waals surface area contributed by atoms with E-state index in [4.69, 9.17) is 4.74 Å². The molecule has 2 aliphatic rings. The third kappa shape index (κ3) is 5.29. The maximum absolute atomic E-state index is 10.1. The molecule has 1 saturated carbocycles. The molecule has 0 radical (unpaired) electrons. The van der Waals surface area contributed by atoms with Crippen LogP contribution in [0.5, 0.6) is 0 Å². The number of nitrogens with one attached hydrogen (secondary N) is 1. The van der Waals surface area contributed by atoms with E-state index in [0.717, 1.165) is 25.0 Å². The van der Waals surface area contributed by atoms with Crippen molar-refractivity contribution in [3.8, 4) is 0 Å². The molecule has 2 rings (SSSR count). The van der Waals surface area contributed by atoms with Crippen molar-refractivity contribution >= 4 is 0 Å². The zero-order valence-corrected chi connectivity index (χ0v) is 12.9. The number of aliphatic hydroxyl groups is 1. The Labute approximate surface area is 123 Å².